The zero-order valence-corrected chi connectivity index (χ0v) is 11.6. The van der Waals surface area contributed by atoms with E-state index in [0.717, 1.165) is 6.07 Å². The van der Waals surface area contributed by atoms with E-state index in [4.69, 9.17) is 5.73 Å². The molecule has 0 unspecified atom stereocenters. The van der Waals surface area contributed by atoms with Gasteiger partial charge in [-0.05, 0) is 24.6 Å². The van der Waals surface area contributed by atoms with Gasteiger partial charge >= 0.3 is 0 Å². The molecule has 1 aromatic carbocycles. The van der Waals surface area contributed by atoms with Crippen LogP contribution in [-0.4, -0.2) is 37.5 Å². The van der Waals surface area contributed by atoms with Crippen LogP contribution in [0, 0.1) is 5.82 Å². The van der Waals surface area contributed by atoms with E-state index < -0.39 is 21.7 Å². The average Bonchev–Trinajstić information content (AvgIpc) is 2.70. The van der Waals surface area contributed by atoms with E-state index in [1.54, 1.807) is 0 Å². The lowest BCUT2D eigenvalue weighted by Gasteiger charge is -2.14. The molecule has 8 heteroatoms. The van der Waals surface area contributed by atoms with Crippen molar-refractivity contribution in [2.75, 3.05) is 29.9 Å². The number of nitrogens with zero attached hydrogens (tertiary/aromatic N) is 1. The Bertz CT molecular complexity index is 618. The Labute approximate surface area is 116 Å². The quantitative estimate of drug-likeness (QED) is 0.804. The van der Waals surface area contributed by atoms with E-state index in [0.29, 0.717) is 18.7 Å². The highest BCUT2D eigenvalue weighted by Crippen LogP contribution is 2.18. The standard InChI is InChI=1S/C12H16FN3O3S/c13-10-3-2-9(14)8-11(10)15-12(17)4-6-16-5-1-7-20(16,18)19/h2-3,8H,1,4-7,14H2,(H,15,17). The molecule has 1 fully saturated rings. The van der Waals surface area contributed by atoms with Crippen LogP contribution < -0.4 is 11.1 Å². The summed E-state index contributed by atoms with van der Waals surface area (Å²) in [5, 5.41) is 2.39. The first-order chi connectivity index (χ1) is 9.38. The second kappa shape index (κ2) is 5.76. The minimum Gasteiger partial charge on any atom is -0.399 e. The molecule has 1 saturated heterocycles. The number of anilines is 2. The number of halogens is 1. The molecule has 2 rings (SSSR count). The van der Waals surface area contributed by atoms with E-state index in [-0.39, 0.29) is 24.4 Å². The monoisotopic (exact) mass is 301 g/mol. The predicted molar refractivity (Wildman–Crippen MR) is 74.0 cm³/mol. The molecule has 1 aliphatic heterocycles. The largest absolute Gasteiger partial charge is 0.399 e. The van der Waals surface area contributed by atoms with Crippen molar-refractivity contribution in [2.45, 2.75) is 12.8 Å². The van der Waals surface area contributed by atoms with Crippen molar-refractivity contribution in [3.63, 3.8) is 0 Å². The Morgan fingerprint density at radius 1 is 1.45 bits per heavy atom. The van der Waals surface area contributed by atoms with Crippen LogP contribution in [0.3, 0.4) is 0 Å². The number of nitrogen functional groups attached to an aromatic ring is 1. The van der Waals surface area contributed by atoms with Crippen LogP contribution in [0.25, 0.3) is 0 Å². The first-order valence-electron chi connectivity index (χ1n) is 6.21. The Hall–Kier alpha value is -1.67. The maximum absolute atomic E-state index is 13.4. The van der Waals surface area contributed by atoms with Crippen LogP contribution in [0.5, 0.6) is 0 Å². The van der Waals surface area contributed by atoms with E-state index in [1.165, 1.54) is 16.4 Å². The summed E-state index contributed by atoms with van der Waals surface area (Å²) in [6.45, 7) is 0.542. The highest BCUT2D eigenvalue weighted by molar-refractivity contribution is 7.89. The molecule has 0 bridgehead atoms. The molecule has 1 amide bonds. The van der Waals surface area contributed by atoms with E-state index >= 15 is 0 Å². The van der Waals surface area contributed by atoms with E-state index in [2.05, 4.69) is 5.32 Å². The molecule has 0 aromatic heterocycles. The molecule has 0 spiro atoms. The third-order valence-electron chi connectivity index (χ3n) is 3.06. The van der Waals surface area contributed by atoms with Crippen molar-refractivity contribution in [1.82, 2.24) is 4.31 Å². The number of carbonyl (C=O) groups excluding carboxylic acids is 1. The predicted octanol–water partition coefficient (Wildman–Crippen LogP) is 0.772. The maximum Gasteiger partial charge on any atom is 0.225 e. The summed E-state index contributed by atoms with van der Waals surface area (Å²) in [5.41, 5.74) is 5.84. The smallest absolute Gasteiger partial charge is 0.225 e. The molecule has 0 saturated carbocycles. The second-order valence-corrected chi connectivity index (χ2v) is 6.69. The lowest BCUT2D eigenvalue weighted by molar-refractivity contribution is -0.116. The third-order valence-corrected chi connectivity index (χ3v) is 5.01. The fourth-order valence-corrected chi connectivity index (χ4v) is 3.55. The highest BCUT2D eigenvalue weighted by atomic mass is 32.2. The molecule has 0 aliphatic carbocycles. The van der Waals surface area contributed by atoms with Crippen molar-refractivity contribution in [2.24, 2.45) is 0 Å². The van der Waals surface area contributed by atoms with Crippen LogP contribution in [-0.2, 0) is 14.8 Å². The number of rotatable bonds is 4. The third kappa shape index (κ3) is 3.45. The SMILES string of the molecule is Nc1ccc(F)c(NC(=O)CCN2CCCS2(=O)=O)c1. The van der Waals surface area contributed by atoms with Crippen molar-refractivity contribution in [3.8, 4) is 0 Å². The zero-order valence-electron chi connectivity index (χ0n) is 10.8. The maximum atomic E-state index is 13.4. The summed E-state index contributed by atoms with van der Waals surface area (Å²) in [7, 11) is -3.21. The summed E-state index contributed by atoms with van der Waals surface area (Å²) in [6.07, 6.45) is 0.557. The lowest BCUT2D eigenvalue weighted by Crippen LogP contribution is -2.29. The van der Waals surface area contributed by atoms with Crippen LogP contribution >= 0.6 is 0 Å². The molecule has 1 heterocycles. The highest BCUT2D eigenvalue weighted by Gasteiger charge is 2.28. The molecule has 6 nitrogen and oxygen atoms in total. The molecule has 0 atom stereocenters. The summed E-state index contributed by atoms with van der Waals surface area (Å²) < 4.78 is 37.8. The number of hydrogen-bond acceptors (Lipinski definition) is 4. The number of amides is 1. The van der Waals surface area contributed by atoms with Gasteiger partial charge < -0.3 is 11.1 Å². The van der Waals surface area contributed by atoms with E-state index in [9.17, 15) is 17.6 Å². The Kier molecular flexibility index (Phi) is 4.24. The van der Waals surface area contributed by atoms with Gasteiger partial charge in [0, 0.05) is 25.2 Å². The van der Waals surface area contributed by atoms with Crippen molar-refractivity contribution in [3.05, 3.63) is 24.0 Å². The number of nitrogens with one attached hydrogen (secondary N) is 1. The van der Waals surface area contributed by atoms with E-state index in [1.807, 2.05) is 0 Å². The van der Waals surface area contributed by atoms with Gasteiger partial charge in [0.25, 0.3) is 0 Å². The van der Waals surface area contributed by atoms with Crippen LogP contribution in [0.4, 0.5) is 15.8 Å². The van der Waals surface area contributed by atoms with Gasteiger partial charge in [-0.2, -0.15) is 0 Å². The minimum atomic E-state index is -3.21. The Morgan fingerprint density at radius 2 is 2.20 bits per heavy atom. The van der Waals surface area contributed by atoms with Crippen molar-refractivity contribution < 1.29 is 17.6 Å². The van der Waals surface area contributed by atoms with Gasteiger partial charge in [-0.1, -0.05) is 0 Å². The van der Waals surface area contributed by atoms with Crippen molar-refractivity contribution >= 4 is 27.3 Å². The van der Waals surface area contributed by atoms with Gasteiger partial charge in [0.15, 0.2) is 0 Å². The van der Waals surface area contributed by atoms with Gasteiger partial charge in [-0.3, -0.25) is 4.79 Å². The number of carbonyl (C=O) groups is 1. The number of sulfonamides is 1. The molecule has 0 radical (unpaired) electrons. The summed E-state index contributed by atoms with van der Waals surface area (Å²) in [6, 6.07) is 3.87. The number of benzene rings is 1. The molecule has 1 aromatic rings. The van der Waals surface area contributed by atoms with Crippen LogP contribution in [0.2, 0.25) is 0 Å². The topological polar surface area (TPSA) is 92.5 Å². The fraction of sp³-hybridized carbons (Fsp3) is 0.417. The summed E-state index contributed by atoms with van der Waals surface area (Å²) in [4.78, 5) is 11.7. The Balaban J connectivity index is 1.91. The van der Waals surface area contributed by atoms with Gasteiger partial charge in [0.05, 0.1) is 11.4 Å². The minimum absolute atomic E-state index is 0.000668. The number of nitrogens with two attached hydrogens (primary N) is 1. The molecule has 20 heavy (non-hydrogen) atoms. The number of hydrogen-bond donors (Lipinski definition) is 2. The van der Waals surface area contributed by atoms with Crippen LogP contribution in [0.1, 0.15) is 12.8 Å². The molecular formula is C12H16FN3O3S. The van der Waals surface area contributed by atoms with Gasteiger partial charge in [-0.25, -0.2) is 17.1 Å². The molecule has 110 valence electrons. The lowest BCUT2D eigenvalue weighted by atomic mass is 10.2. The summed E-state index contributed by atoms with van der Waals surface area (Å²) in [5.74, 6) is -0.906. The first kappa shape index (κ1) is 14.7. The summed E-state index contributed by atoms with van der Waals surface area (Å²) >= 11 is 0. The Morgan fingerprint density at radius 3 is 2.85 bits per heavy atom. The van der Waals surface area contributed by atoms with Gasteiger partial charge in [-0.15, -0.1) is 0 Å². The normalized spacial score (nSPS) is 18.1. The molecule has 3 N–H and O–H groups in total. The second-order valence-electron chi connectivity index (χ2n) is 4.61. The average molecular weight is 301 g/mol. The van der Waals surface area contributed by atoms with Crippen molar-refractivity contribution in [1.29, 1.82) is 0 Å². The van der Waals surface area contributed by atoms with Gasteiger partial charge in [0.1, 0.15) is 5.82 Å². The zero-order chi connectivity index (χ0) is 14.8. The molecular weight excluding hydrogens is 285 g/mol. The van der Waals surface area contributed by atoms with Gasteiger partial charge in [0.2, 0.25) is 15.9 Å². The van der Waals surface area contributed by atoms with Crippen LogP contribution in [0.15, 0.2) is 18.2 Å². The first-order valence-corrected chi connectivity index (χ1v) is 7.82. The fourth-order valence-electron chi connectivity index (χ4n) is 2.02. The molecule has 1 aliphatic rings.